The van der Waals surface area contributed by atoms with Crippen molar-refractivity contribution in [1.29, 1.82) is 0 Å². The Balaban J connectivity index is 1.98. The molecule has 0 spiro atoms. The van der Waals surface area contributed by atoms with Gasteiger partial charge >= 0.3 is 0 Å². The maximum Gasteiger partial charge on any atom is 0.0930 e. The second kappa shape index (κ2) is 4.48. The minimum Gasteiger partial charge on any atom is -0.236 e. The summed E-state index contributed by atoms with van der Waals surface area (Å²) < 4.78 is 2.16. The molecule has 1 aromatic heterocycles. The predicted molar refractivity (Wildman–Crippen MR) is 82.4 cm³/mol. The lowest BCUT2D eigenvalue weighted by molar-refractivity contribution is 0.812. The van der Waals surface area contributed by atoms with Gasteiger partial charge in [-0.05, 0) is 42.9 Å². The lowest BCUT2D eigenvalue weighted by Crippen LogP contribution is -2.04. The molecular weight excluding hydrogens is 244 g/mol. The molecule has 2 aromatic carbocycles. The van der Waals surface area contributed by atoms with E-state index < -0.39 is 0 Å². The van der Waals surface area contributed by atoms with Crippen LogP contribution in [0.5, 0.6) is 0 Å². The molecule has 0 amide bonds. The molecule has 1 saturated carbocycles. The first-order valence-corrected chi connectivity index (χ1v) is 7.44. The predicted octanol–water partition coefficient (Wildman–Crippen LogP) is 4.47. The molecular formula is C18H18N2. The van der Waals surface area contributed by atoms with Gasteiger partial charge in [0.15, 0.2) is 0 Å². The standard InChI is InChI=1S/C18H18N2/c1-2-17-15-8-3-5-9-16(15)19-20(17)18-10-6-4-7-14(18)13-11-12-13/h3-10,13H,2,11-12H2,1H3. The normalized spacial score (nSPS) is 14.8. The first-order chi connectivity index (χ1) is 9.88. The Morgan fingerprint density at radius 2 is 1.80 bits per heavy atom. The number of nitrogens with zero attached hydrogens (tertiary/aromatic N) is 2. The maximum atomic E-state index is 4.84. The second-order valence-electron chi connectivity index (χ2n) is 5.56. The fourth-order valence-corrected chi connectivity index (χ4v) is 3.05. The highest BCUT2D eigenvalue weighted by Crippen LogP contribution is 2.43. The van der Waals surface area contributed by atoms with Gasteiger partial charge in [-0.1, -0.05) is 43.3 Å². The SMILES string of the molecule is CCc1c2ccccc2nn1-c1ccccc1C1CC1. The second-order valence-corrected chi connectivity index (χ2v) is 5.56. The van der Waals surface area contributed by atoms with Crippen LogP contribution in [0.4, 0.5) is 0 Å². The molecule has 2 heteroatoms. The van der Waals surface area contributed by atoms with Gasteiger partial charge in [0.1, 0.15) is 0 Å². The number of fused-ring (bicyclic) bond motifs is 1. The molecule has 1 heterocycles. The average Bonchev–Trinajstić information content (AvgIpc) is 3.27. The number of aryl methyl sites for hydroxylation is 1. The molecule has 4 rings (SSSR count). The van der Waals surface area contributed by atoms with Crippen molar-refractivity contribution < 1.29 is 0 Å². The summed E-state index contributed by atoms with van der Waals surface area (Å²) in [5, 5.41) is 6.12. The van der Waals surface area contributed by atoms with Crippen molar-refractivity contribution in [2.45, 2.75) is 32.1 Å². The highest BCUT2D eigenvalue weighted by Gasteiger charge is 2.27. The Morgan fingerprint density at radius 3 is 2.60 bits per heavy atom. The summed E-state index contributed by atoms with van der Waals surface area (Å²) in [6.45, 7) is 2.21. The molecule has 0 radical (unpaired) electrons. The monoisotopic (exact) mass is 262 g/mol. The zero-order valence-corrected chi connectivity index (χ0v) is 11.7. The summed E-state index contributed by atoms with van der Waals surface area (Å²) in [5.41, 5.74) is 5.13. The number of rotatable bonds is 3. The lowest BCUT2D eigenvalue weighted by Gasteiger charge is -2.11. The van der Waals surface area contributed by atoms with Crippen LogP contribution in [0.3, 0.4) is 0 Å². The Labute approximate surface area is 119 Å². The zero-order valence-electron chi connectivity index (χ0n) is 11.7. The van der Waals surface area contributed by atoms with Crippen molar-refractivity contribution in [1.82, 2.24) is 9.78 Å². The quantitative estimate of drug-likeness (QED) is 0.681. The third-order valence-corrected chi connectivity index (χ3v) is 4.20. The van der Waals surface area contributed by atoms with E-state index in [1.54, 1.807) is 0 Å². The lowest BCUT2D eigenvalue weighted by atomic mass is 10.1. The molecule has 3 aromatic rings. The van der Waals surface area contributed by atoms with Crippen molar-refractivity contribution in [3.05, 3.63) is 59.8 Å². The van der Waals surface area contributed by atoms with Gasteiger partial charge < -0.3 is 0 Å². The van der Waals surface area contributed by atoms with E-state index in [2.05, 4.69) is 60.1 Å². The number of hydrogen-bond donors (Lipinski definition) is 0. The molecule has 0 bridgehead atoms. The fraction of sp³-hybridized carbons (Fsp3) is 0.278. The summed E-state index contributed by atoms with van der Waals surface area (Å²) >= 11 is 0. The number of benzene rings is 2. The van der Waals surface area contributed by atoms with E-state index in [1.807, 2.05) is 0 Å². The van der Waals surface area contributed by atoms with Gasteiger partial charge in [0, 0.05) is 5.39 Å². The summed E-state index contributed by atoms with van der Waals surface area (Å²) in [4.78, 5) is 0. The van der Waals surface area contributed by atoms with Crippen LogP contribution < -0.4 is 0 Å². The minimum absolute atomic E-state index is 0.739. The Kier molecular flexibility index (Phi) is 2.62. The van der Waals surface area contributed by atoms with Gasteiger partial charge in [0.2, 0.25) is 0 Å². The van der Waals surface area contributed by atoms with Gasteiger partial charge in [-0.15, -0.1) is 0 Å². The van der Waals surface area contributed by atoms with E-state index in [-0.39, 0.29) is 0 Å². The number of aromatic nitrogens is 2. The minimum atomic E-state index is 0.739. The van der Waals surface area contributed by atoms with Crippen molar-refractivity contribution in [3.63, 3.8) is 0 Å². The molecule has 20 heavy (non-hydrogen) atoms. The first kappa shape index (κ1) is 11.7. The van der Waals surface area contributed by atoms with E-state index in [1.165, 1.54) is 35.2 Å². The van der Waals surface area contributed by atoms with Crippen LogP contribution in [0.1, 0.15) is 36.9 Å². The summed E-state index contributed by atoms with van der Waals surface area (Å²) in [6, 6.07) is 17.2. The van der Waals surface area contributed by atoms with Crippen LogP contribution in [0.25, 0.3) is 16.6 Å². The smallest absolute Gasteiger partial charge is 0.0930 e. The molecule has 0 N–H and O–H groups in total. The highest BCUT2D eigenvalue weighted by atomic mass is 15.3. The van der Waals surface area contributed by atoms with Crippen molar-refractivity contribution in [2.75, 3.05) is 0 Å². The maximum absolute atomic E-state index is 4.84. The van der Waals surface area contributed by atoms with Crippen LogP contribution in [0.15, 0.2) is 48.5 Å². The topological polar surface area (TPSA) is 17.8 Å². The molecule has 2 nitrogen and oxygen atoms in total. The van der Waals surface area contributed by atoms with Crippen molar-refractivity contribution >= 4 is 10.9 Å². The van der Waals surface area contributed by atoms with E-state index in [0.29, 0.717) is 0 Å². The Bertz CT molecular complexity index is 766. The third kappa shape index (κ3) is 1.75. The highest BCUT2D eigenvalue weighted by molar-refractivity contribution is 5.82. The van der Waals surface area contributed by atoms with E-state index in [4.69, 9.17) is 5.10 Å². The summed E-state index contributed by atoms with van der Waals surface area (Å²) in [6.07, 6.45) is 3.64. The molecule has 1 aliphatic rings. The molecule has 0 aliphatic heterocycles. The van der Waals surface area contributed by atoms with Gasteiger partial charge in [0.25, 0.3) is 0 Å². The van der Waals surface area contributed by atoms with Crippen molar-refractivity contribution in [2.24, 2.45) is 0 Å². The largest absolute Gasteiger partial charge is 0.236 e. The van der Waals surface area contributed by atoms with Gasteiger partial charge in [-0.25, -0.2) is 4.68 Å². The molecule has 100 valence electrons. The third-order valence-electron chi connectivity index (χ3n) is 4.20. The van der Waals surface area contributed by atoms with Gasteiger partial charge in [-0.2, -0.15) is 5.10 Å². The van der Waals surface area contributed by atoms with Crippen LogP contribution in [-0.2, 0) is 6.42 Å². The summed E-state index contributed by atoms with van der Waals surface area (Å²) in [5.74, 6) is 0.739. The fourth-order valence-electron chi connectivity index (χ4n) is 3.05. The molecule has 1 aliphatic carbocycles. The van der Waals surface area contributed by atoms with Crippen LogP contribution in [0.2, 0.25) is 0 Å². The number of para-hydroxylation sites is 1. The van der Waals surface area contributed by atoms with Gasteiger partial charge in [-0.3, -0.25) is 0 Å². The summed E-state index contributed by atoms with van der Waals surface area (Å²) in [7, 11) is 0. The van der Waals surface area contributed by atoms with Crippen molar-refractivity contribution in [3.8, 4) is 5.69 Å². The first-order valence-electron chi connectivity index (χ1n) is 7.44. The molecule has 1 fully saturated rings. The Hall–Kier alpha value is -2.09. The zero-order chi connectivity index (χ0) is 13.5. The van der Waals surface area contributed by atoms with Crippen LogP contribution in [0, 0.1) is 0 Å². The molecule has 0 atom stereocenters. The molecule has 0 saturated heterocycles. The average molecular weight is 262 g/mol. The van der Waals surface area contributed by atoms with Gasteiger partial charge in [0.05, 0.1) is 16.9 Å². The molecule has 0 unspecified atom stereocenters. The number of hydrogen-bond acceptors (Lipinski definition) is 1. The van der Waals surface area contributed by atoms with E-state index >= 15 is 0 Å². The van der Waals surface area contributed by atoms with Crippen LogP contribution in [-0.4, -0.2) is 9.78 Å². The van der Waals surface area contributed by atoms with E-state index in [9.17, 15) is 0 Å². The Morgan fingerprint density at radius 1 is 1.05 bits per heavy atom. The van der Waals surface area contributed by atoms with Crippen LogP contribution >= 0.6 is 0 Å². The van der Waals surface area contributed by atoms with E-state index in [0.717, 1.165) is 17.9 Å².